The van der Waals surface area contributed by atoms with Crippen LogP contribution in [0.25, 0.3) is 0 Å². The molecule has 1 saturated carbocycles. The van der Waals surface area contributed by atoms with Gasteiger partial charge in [0.2, 0.25) is 23.5 Å². The fraction of sp³-hybridized carbons (Fsp3) is 0.818. The molecule has 0 bridgehead atoms. The lowest BCUT2D eigenvalue weighted by Crippen LogP contribution is -2.63. The second-order valence-corrected chi connectivity index (χ2v) is 15.7. The predicted molar refractivity (Wildman–Crippen MR) is 171 cm³/mol. The lowest BCUT2D eigenvalue weighted by atomic mass is 9.80. The summed E-state index contributed by atoms with van der Waals surface area (Å²) < 4.78 is 0. The summed E-state index contributed by atoms with van der Waals surface area (Å²) >= 11 is 0. The Morgan fingerprint density at radius 1 is 0.756 bits per heavy atom. The van der Waals surface area contributed by atoms with Crippen LogP contribution in [0.1, 0.15) is 100 Å². The lowest BCUT2D eigenvalue weighted by molar-refractivity contribution is -0.144. The van der Waals surface area contributed by atoms with Crippen molar-refractivity contribution in [1.29, 1.82) is 0 Å². The summed E-state index contributed by atoms with van der Waals surface area (Å²) in [5, 5.41) is 8.47. The summed E-state index contributed by atoms with van der Waals surface area (Å²) in [5.74, 6) is -2.93. The number of hydrogen-bond donors (Lipinski definition) is 4. The summed E-state index contributed by atoms with van der Waals surface area (Å²) in [6, 6.07) is -4.38. The molecule has 0 aromatic carbocycles. The number of rotatable bonds is 11. The van der Waals surface area contributed by atoms with Crippen molar-refractivity contribution in [2.75, 3.05) is 19.6 Å². The first-order valence-corrected chi connectivity index (χ1v) is 16.6. The zero-order valence-electron chi connectivity index (χ0n) is 28.5. The van der Waals surface area contributed by atoms with Crippen LogP contribution < -0.4 is 21.7 Å². The average Bonchev–Trinajstić information content (AvgIpc) is 3.60. The Labute approximate surface area is 268 Å². The van der Waals surface area contributed by atoms with E-state index in [-0.39, 0.29) is 23.7 Å². The van der Waals surface area contributed by atoms with E-state index in [1.54, 1.807) is 4.90 Å². The van der Waals surface area contributed by atoms with Gasteiger partial charge in [-0.2, -0.15) is 0 Å². The Hall–Kier alpha value is -3.18. The molecule has 3 rings (SSSR count). The number of urea groups is 1. The normalized spacial score (nSPS) is 22.8. The first kappa shape index (κ1) is 36.3. The fourth-order valence-electron chi connectivity index (χ4n) is 6.71. The van der Waals surface area contributed by atoms with E-state index in [0.29, 0.717) is 32.5 Å². The third kappa shape index (κ3) is 8.97. The van der Waals surface area contributed by atoms with Crippen LogP contribution in [-0.4, -0.2) is 89.0 Å². The largest absolute Gasteiger partial charge is 0.363 e. The summed E-state index contributed by atoms with van der Waals surface area (Å²) in [6.07, 6.45) is 5.62. The molecule has 1 unspecified atom stereocenters. The summed E-state index contributed by atoms with van der Waals surface area (Å²) in [4.78, 5) is 82.8. The van der Waals surface area contributed by atoms with Gasteiger partial charge in [0.15, 0.2) is 0 Å². The van der Waals surface area contributed by atoms with E-state index in [0.717, 1.165) is 32.1 Å². The van der Waals surface area contributed by atoms with Gasteiger partial charge in [-0.15, -0.1) is 0 Å². The first-order valence-electron chi connectivity index (χ1n) is 16.6. The maximum atomic E-state index is 14.3. The minimum atomic E-state index is -1.10. The fourth-order valence-corrected chi connectivity index (χ4v) is 6.71. The van der Waals surface area contributed by atoms with E-state index < -0.39 is 64.5 Å². The van der Waals surface area contributed by atoms with Gasteiger partial charge in [-0.1, -0.05) is 74.7 Å². The van der Waals surface area contributed by atoms with E-state index >= 15 is 0 Å². The number of amides is 6. The second-order valence-electron chi connectivity index (χ2n) is 15.7. The molecule has 254 valence electrons. The van der Waals surface area contributed by atoms with Crippen molar-refractivity contribution < 1.29 is 28.8 Å². The third-order valence-corrected chi connectivity index (χ3v) is 9.72. The molecule has 0 radical (unpaired) electrons. The van der Waals surface area contributed by atoms with Crippen LogP contribution >= 0.6 is 0 Å². The van der Waals surface area contributed by atoms with Crippen LogP contribution in [0.5, 0.6) is 0 Å². The molecule has 12 heteroatoms. The number of ketones is 1. The quantitative estimate of drug-likeness (QED) is 0.255. The number of nitrogens with one attached hydrogen (secondary N) is 3. The van der Waals surface area contributed by atoms with Crippen LogP contribution in [0.3, 0.4) is 0 Å². The van der Waals surface area contributed by atoms with E-state index in [2.05, 4.69) is 16.0 Å². The number of nitrogens with zero attached hydrogens (tertiary/aromatic N) is 2. The second kappa shape index (κ2) is 14.5. The Kier molecular flexibility index (Phi) is 11.7. The Morgan fingerprint density at radius 2 is 1.29 bits per heavy atom. The van der Waals surface area contributed by atoms with Crippen molar-refractivity contribution in [2.45, 2.75) is 125 Å². The van der Waals surface area contributed by atoms with Crippen LogP contribution in [0, 0.1) is 28.6 Å². The number of hydrogen-bond acceptors (Lipinski definition) is 6. The standard InChI is InChI=1S/C33H56N6O6/c1-19(2)21-14-17-39(23(21)28(42)35-22(24(40)27(34)41)18-20-12-11-13-20)30(44)26(33(6,7)8)37-31(45)36-25(32(3,4)5)29(43)38-15-9-10-16-38/h19-23,25-26H,9-18H2,1-8H3,(H2,34,41)(H,35,42)(H2,36,37,45)/t21-,22?,23+,25-,26-/m1/s1. The molecule has 1 aliphatic carbocycles. The number of carbonyl (C=O) groups is 6. The Morgan fingerprint density at radius 3 is 1.73 bits per heavy atom. The molecule has 5 atom stereocenters. The van der Waals surface area contributed by atoms with Gasteiger partial charge in [-0.3, -0.25) is 24.0 Å². The zero-order valence-corrected chi connectivity index (χ0v) is 28.5. The van der Waals surface area contributed by atoms with Gasteiger partial charge in [-0.25, -0.2) is 4.79 Å². The molecular formula is C33H56N6O6. The van der Waals surface area contributed by atoms with Crippen LogP contribution in [0.15, 0.2) is 0 Å². The molecule has 0 aromatic heterocycles. The average molecular weight is 633 g/mol. The molecule has 12 nitrogen and oxygen atoms in total. The molecule has 0 aromatic rings. The van der Waals surface area contributed by atoms with E-state index in [1.807, 2.05) is 55.4 Å². The molecule has 5 N–H and O–H groups in total. The molecule has 2 aliphatic heterocycles. The summed E-state index contributed by atoms with van der Waals surface area (Å²) in [7, 11) is 0. The maximum Gasteiger partial charge on any atom is 0.316 e. The maximum absolute atomic E-state index is 14.3. The highest BCUT2D eigenvalue weighted by Gasteiger charge is 2.48. The Balaban J connectivity index is 1.83. The molecular weight excluding hydrogens is 576 g/mol. The number of Topliss-reactive ketones (excluding diaryl/α,β-unsaturated/α-hetero) is 1. The third-order valence-electron chi connectivity index (χ3n) is 9.72. The van der Waals surface area contributed by atoms with Gasteiger partial charge in [0.05, 0.1) is 6.04 Å². The highest BCUT2D eigenvalue weighted by atomic mass is 16.2. The van der Waals surface area contributed by atoms with Crippen molar-refractivity contribution >= 4 is 35.4 Å². The molecule has 2 heterocycles. The molecule has 2 saturated heterocycles. The van der Waals surface area contributed by atoms with Crippen LogP contribution in [-0.2, 0) is 24.0 Å². The van der Waals surface area contributed by atoms with Crippen molar-refractivity contribution in [1.82, 2.24) is 25.8 Å². The highest BCUT2D eigenvalue weighted by Crippen LogP contribution is 2.35. The number of primary amides is 1. The van der Waals surface area contributed by atoms with E-state index in [4.69, 9.17) is 5.73 Å². The minimum absolute atomic E-state index is 0.0453. The molecule has 45 heavy (non-hydrogen) atoms. The summed E-state index contributed by atoms with van der Waals surface area (Å²) in [6.45, 7) is 16.7. The number of likely N-dealkylation sites (tertiary alicyclic amines) is 2. The van der Waals surface area contributed by atoms with Crippen LogP contribution in [0.2, 0.25) is 0 Å². The van der Waals surface area contributed by atoms with Gasteiger partial charge in [-0.05, 0) is 54.3 Å². The van der Waals surface area contributed by atoms with Crippen molar-refractivity contribution in [3.63, 3.8) is 0 Å². The highest BCUT2D eigenvalue weighted by molar-refractivity contribution is 6.37. The molecule has 0 spiro atoms. The molecule has 3 aliphatic rings. The van der Waals surface area contributed by atoms with Crippen molar-refractivity contribution in [2.24, 2.45) is 34.3 Å². The van der Waals surface area contributed by atoms with Gasteiger partial charge in [0.1, 0.15) is 18.1 Å². The van der Waals surface area contributed by atoms with Gasteiger partial charge < -0.3 is 31.5 Å². The number of carbonyl (C=O) groups excluding carboxylic acids is 6. The summed E-state index contributed by atoms with van der Waals surface area (Å²) in [5.41, 5.74) is 4.02. The van der Waals surface area contributed by atoms with E-state index in [1.165, 1.54) is 4.90 Å². The smallest absolute Gasteiger partial charge is 0.316 e. The van der Waals surface area contributed by atoms with E-state index in [9.17, 15) is 28.8 Å². The Bertz CT molecular complexity index is 1130. The number of nitrogens with two attached hydrogens (primary N) is 1. The van der Waals surface area contributed by atoms with Crippen molar-refractivity contribution in [3.8, 4) is 0 Å². The van der Waals surface area contributed by atoms with Crippen LogP contribution in [0.4, 0.5) is 4.79 Å². The topological polar surface area (TPSA) is 171 Å². The van der Waals surface area contributed by atoms with Gasteiger partial charge in [0.25, 0.3) is 5.91 Å². The SMILES string of the molecule is CC(C)[C@H]1CCN(C(=O)[C@@H](NC(=O)N[C@H](C(=O)N2CCCC2)C(C)(C)C)C(C)(C)C)[C@@H]1C(=O)NC(CC1CCC1)C(=O)C(N)=O. The minimum Gasteiger partial charge on any atom is -0.363 e. The van der Waals surface area contributed by atoms with Gasteiger partial charge in [0, 0.05) is 19.6 Å². The zero-order chi connectivity index (χ0) is 33.9. The predicted octanol–water partition coefficient (Wildman–Crippen LogP) is 2.34. The molecule has 6 amide bonds. The lowest BCUT2D eigenvalue weighted by Gasteiger charge is -2.38. The van der Waals surface area contributed by atoms with Crippen molar-refractivity contribution in [3.05, 3.63) is 0 Å². The molecule has 3 fully saturated rings. The monoisotopic (exact) mass is 632 g/mol. The first-order chi connectivity index (χ1) is 20.8. The van der Waals surface area contributed by atoms with Gasteiger partial charge >= 0.3 is 6.03 Å².